The number of nitrogens with one attached hydrogen (secondary N) is 1. The van der Waals surface area contributed by atoms with Crippen LogP contribution in [0.4, 0.5) is 21.9 Å². The van der Waals surface area contributed by atoms with Crippen LogP contribution in [0.15, 0.2) is 42.5 Å². The average molecular weight is 384 g/mol. The number of benzene rings is 2. The van der Waals surface area contributed by atoms with Crippen LogP contribution in [0.25, 0.3) is 0 Å². The molecule has 1 N–H and O–H groups in total. The number of amides is 2. The maximum atomic E-state index is 12.6. The Labute approximate surface area is 166 Å². The normalized spacial score (nSPS) is 13.9. The topological polar surface area (TPSA) is 57.3 Å². The van der Waals surface area contributed by atoms with Gasteiger partial charge in [0.05, 0.1) is 19.9 Å². The van der Waals surface area contributed by atoms with E-state index in [0.717, 1.165) is 41.7 Å². The van der Waals surface area contributed by atoms with E-state index in [1.165, 1.54) is 0 Å². The van der Waals surface area contributed by atoms with Gasteiger partial charge in [-0.15, -0.1) is 0 Å². The van der Waals surface area contributed by atoms with E-state index in [1.807, 2.05) is 66.4 Å². The first-order valence-corrected chi connectivity index (χ1v) is 9.32. The second-order valence-corrected chi connectivity index (χ2v) is 6.88. The van der Waals surface area contributed by atoms with Gasteiger partial charge in [0.25, 0.3) is 0 Å². The molecular weight excluding hydrogens is 356 g/mol. The maximum absolute atomic E-state index is 12.6. The van der Waals surface area contributed by atoms with E-state index in [2.05, 4.69) is 10.2 Å². The summed E-state index contributed by atoms with van der Waals surface area (Å²) in [5.41, 5.74) is 2.91. The van der Waals surface area contributed by atoms with Crippen molar-refractivity contribution < 1.29 is 14.3 Å². The average Bonchev–Trinajstić information content (AvgIpc) is 2.73. The zero-order valence-corrected chi connectivity index (χ0v) is 16.9. The molecular formula is C21H28N4O3. The Balaban J connectivity index is 1.58. The van der Waals surface area contributed by atoms with Crippen LogP contribution in [0.5, 0.6) is 11.5 Å². The Bertz CT molecular complexity index is 800. The van der Waals surface area contributed by atoms with Gasteiger partial charge < -0.3 is 29.5 Å². The summed E-state index contributed by atoms with van der Waals surface area (Å²) in [7, 11) is 7.28. The molecule has 0 saturated carbocycles. The van der Waals surface area contributed by atoms with E-state index in [9.17, 15) is 4.79 Å². The van der Waals surface area contributed by atoms with Gasteiger partial charge in [0, 0.05) is 57.7 Å². The van der Waals surface area contributed by atoms with Crippen LogP contribution in [0.2, 0.25) is 0 Å². The summed E-state index contributed by atoms with van der Waals surface area (Å²) in [4.78, 5) is 18.7. The molecule has 7 heteroatoms. The summed E-state index contributed by atoms with van der Waals surface area (Å²) in [5.74, 6) is 1.54. The summed E-state index contributed by atoms with van der Waals surface area (Å²) in [6.45, 7) is 2.79. The van der Waals surface area contributed by atoms with Crippen LogP contribution in [0.1, 0.15) is 0 Å². The van der Waals surface area contributed by atoms with Crippen molar-refractivity contribution >= 4 is 23.1 Å². The van der Waals surface area contributed by atoms with Crippen LogP contribution >= 0.6 is 0 Å². The van der Waals surface area contributed by atoms with Crippen LogP contribution in [-0.2, 0) is 0 Å². The van der Waals surface area contributed by atoms with Crippen molar-refractivity contribution in [3.63, 3.8) is 0 Å². The second kappa shape index (κ2) is 8.73. The van der Waals surface area contributed by atoms with Gasteiger partial charge in [0.15, 0.2) is 0 Å². The summed E-state index contributed by atoms with van der Waals surface area (Å²) in [5, 5.41) is 2.98. The zero-order chi connectivity index (χ0) is 20.1. The molecule has 0 unspecified atom stereocenters. The van der Waals surface area contributed by atoms with Crippen LogP contribution < -0.4 is 24.6 Å². The van der Waals surface area contributed by atoms with Crippen molar-refractivity contribution in [2.24, 2.45) is 0 Å². The van der Waals surface area contributed by atoms with Gasteiger partial charge in [-0.05, 0) is 36.4 Å². The van der Waals surface area contributed by atoms with E-state index in [-0.39, 0.29) is 6.03 Å². The van der Waals surface area contributed by atoms with E-state index in [4.69, 9.17) is 9.47 Å². The highest BCUT2D eigenvalue weighted by Crippen LogP contribution is 2.32. The SMILES string of the molecule is COc1ccc(N2CCN(C(=O)Nc3ccc(N(C)C)cc3)CC2)c(OC)c1. The van der Waals surface area contributed by atoms with Crippen molar-refractivity contribution in [2.75, 3.05) is 69.6 Å². The number of urea groups is 1. The van der Waals surface area contributed by atoms with Gasteiger partial charge in [-0.1, -0.05) is 0 Å². The molecule has 1 saturated heterocycles. The number of rotatable bonds is 5. The molecule has 7 nitrogen and oxygen atoms in total. The number of ether oxygens (including phenoxy) is 2. The highest BCUT2D eigenvalue weighted by Gasteiger charge is 2.23. The number of carbonyl (C=O) groups is 1. The van der Waals surface area contributed by atoms with Crippen molar-refractivity contribution in [1.82, 2.24) is 4.90 Å². The lowest BCUT2D eigenvalue weighted by Crippen LogP contribution is -2.50. The molecule has 1 heterocycles. The van der Waals surface area contributed by atoms with Gasteiger partial charge in [-0.3, -0.25) is 0 Å². The molecule has 0 aliphatic carbocycles. The number of hydrogen-bond acceptors (Lipinski definition) is 5. The lowest BCUT2D eigenvalue weighted by Gasteiger charge is -2.36. The first-order chi connectivity index (χ1) is 13.5. The molecule has 28 heavy (non-hydrogen) atoms. The van der Waals surface area contributed by atoms with Crippen molar-refractivity contribution in [2.45, 2.75) is 0 Å². The van der Waals surface area contributed by atoms with E-state index >= 15 is 0 Å². The fraction of sp³-hybridized carbons (Fsp3) is 0.381. The third-order valence-corrected chi connectivity index (χ3v) is 4.93. The Hall–Kier alpha value is -3.09. The number of methoxy groups -OCH3 is 2. The molecule has 1 fully saturated rings. The molecule has 0 bridgehead atoms. The summed E-state index contributed by atoms with van der Waals surface area (Å²) in [6.07, 6.45) is 0. The first kappa shape index (κ1) is 19.7. The lowest BCUT2D eigenvalue weighted by atomic mass is 10.2. The number of anilines is 3. The fourth-order valence-corrected chi connectivity index (χ4v) is 3.24. The standard InChI is InChI=1S/C21H28N4O3/c1-23(2)17-7-5-16(6-8-17)22-21(26)25-13-11-24(12-14-25)19-10-9-18(27-3)15-20(19)28-4/h5-10,15H,11-14H2,1-4H3,(H,22,26). The quantitative estimate of drug-likeness (QED) is 0.858. The molecule has 3 rings (SSSR count). The van der Waals surface area contributed by atoms with Gasteiger partial charge in [-0.2, -0.15) is 0 Å². The minimum Gasteiger partial charge on any atom is -0.497 e. The lowest BCUT2D eigenvalue weighted by molar-refractivity contribution is 0.208. The van der Waals surface area contributed by atoms with Gasteiger partial charge in [0.1, 0.15) is 11.5 Å². The third-order valence-electron chi connectivity index (χ3n) is 4.93. The maximum Gasteiger partial charge on any atom is 0.321 e. The Kier molecular flexibility index (Phi) is 6.13. The Morgan fingerprint density at radius 1 is 0.964 bits per heavy atom. The predicted octanol–water partition coefficient (Wildman–Crippen LogP) is 3.12. The molecule has 2 aromatic carbocycles. The van der Waals surface area contributed by atoms with E-state index in [0.29, 0.717) is 13.1 Å². The van der Waals surface area contributed by atoms with E-state index < -0.39 is 0 Å². The number of piperazine rings is 1. The minimum atomic E-state index is -0.0704. The highest BCUT2D eigenvalue weighted by molar-refractivity contribution is 5.89. The van der Waals surface area contributed by atoms with Crippen molar-refractivity contribution in [1.29, 1.82) is 0 Å². The van der Waals surface area contributed by atoms with E-state index in [1.54, 1.807) is 14.2 Å². The van der Waals surface area contributed by atoms with Gasteiger partial charge >= 0.3 is 6.03 Å². The first-order valence-electron chi connectivity index (χ1n) is 9.32. The molecule has 0 atom stereocenters. The molecule has 1 aliphatic heterocycles. The molecule has 2 aromatic rings. The van der Waals surface area contributed by atoms with Crippen LogP contribution in [0.3, 0.4) is 0 Å². The minimum absolute atomic E-state index is 0.0704. The zero-order valence-electron chi connectivity index (χ0n) is 16.9. The number of carbonyl (C=O) groups excluding carboxylic acids is 1. The smallest absolute Gasteiger partial charge is 0.321 e. The molecule has 2 amide bonds. The van der Waals surface area contributed by atoms with Crippen molar-refractivity contribution in [3.05, 3.63) is 42.5 Å². The van der Waals surface area contributed by atoms with Crippen molar-refractivity contribution in [3.8, 4) is 11.5 Å². The predicted molar refractivity (Wildman–Crippen MR) is 113 cm³/mol. The van der Waals surface area contributed by atoms with Crippen LogP contribution in [0, 0.1) is 0 Å². The highest BCUT2D eigenvalue weighted by atomic mass is 16.5. The summed E-state index contributed by atoms with van der Waals surface area (Å²) < 4.78 is 10.8. The third kappa shape index (κ3) is 4.42. The summed E-state index contributed by atoms with van der Waals surface area (Å²) in [6, 6.07) is 13.6. The number of nitrogens with zero attached hydrogens (tertiary/aromatic N) is 3. The molecule has 1 aliphatic rings. The Morgan fingerprint density at radius 3 is 2.21 bits per heavy atom. The largest absolute Gasteiger partial charge is 0.497 e. The molecule has 0 aromatic heterocycles. The fourth-order valence-electron chi connectivity index (χ4n) is 3.24. The molecule has 0 radical (unpaired) electrons. The van der Waals surface area contributed by atoms with Crippen LogP contribution in [-0.4, -0.2) is 65.4 Å². The van der Waals surface area contributed by atoms with Gasteiger partial charge in [-0.25, -0.2) is 4.79 Å². The Morgan fingerprint density at radius 2 is 1.64 bits per heavy atom. The molecule has 150 valence electrons. The molecule has 0 spiro atoms. The monoisotopic (exact) mass is 384 g/mol. The van der Waals surface area contributed by atoms with Gasteiger partial charge in [0.2, 0.25) is 0 Å². The second-order valence-electron chi connectivity index (χ2n) is 6.88. The summed E-state index contributed by atoms with van der Waals surface area (Å²) >= 11 is 0. The number of hydrogen-bond donors (Lipinski definition) is 1.